The fourth-order valence-electron chi connectivity index (χ4n) is 2.60. The van der Waals surface area contributed by atoms with Crippen molar-refractivity contribution in [2.24, 2.45) is 5.10 Å². The molecule has 0 saturated heterocycles. The number of benzene rings is 3. The summed E-state index contributed by atoms with van der Waals surface area (Å²) in [5.74, 6) is 0.338. The zero-order valence-corrected chi connectivity index (χ0v) is 18.7. The molecule has 3 aromatic carbocycles. The fourth-order valence-corrected chi connectivity index (χ4v) is 2.97. The Hall–Kier alpha value is -3.65. The highest BCUT2D eigenvalue weighted by molar-refractivity contribution is 9.10. The van der Waals surface area contributed by atoms with Crippen LogP contribution in [0.25, 0.3) is 0 Å². The van der Waals surface area contributed by atoms with Crippen LogP contribution in [0.1, 0.15) is 11.1 Å². The Morgan fingerprint density at radius 2 is 1.62 bits per heavy atom. The van der Waals surface area contributed by atoms with Gasteiger partial charge in [-0.2, -0.15) is 5.10 Å². The van der Waals surface area contributed by atoms with Gasteiger partial charge < -0.3 is 14.8 Å². The van der Waals surface area contributed by atoms with Crippen molar-refractivity contribution in [3.05, 3.63) is 94.5 Å². The largest absolute Gasteiger partial charge is 0.488 e. The van der Waals surface area contributed by atoms with Gasteiger partial charge in [-0.1, -0.05) is 64.5 Å². The SMILES string of the molecule is O=C(COc1ccccc1)NCC(=O)N/N=C/c1cc(Br)ccc1OCc1ccccc1. The van der Waals surface area contributed by atoms with Gasteiger partial charge in [0, 0.05) is 10.0 Å². The minimum atomic E-state index is -0.462. The van der Waals surface area contributed by atoms with Gasteiger partial charge in [0.05, 0.1) is 12.8 Å². The van der Waals surface area contributed by atoms with Crippen LogP contribution in [0, 0.1) is 0 Å². The average Bonchev–Trinajstić information content (AvgIpc) is 2.82. The summed E-state index contributed by atoms with van der Waals surface area (Å²) in [6, 6.07) is 24.3. The molecular weight excluding hydrogens is 474 g/mol. The van der Waals surface area contributed by atoms with Crippen molar-refractivity contribution in [1.29, 1.82) is 0 Å². The Morgan fingerprint density at radius 3 is 2.38 bits per heavy atom. The number of hydrazone groups is 1. The molecule has 7 nitrogen and oxygen atoms in total. The molecule has 0 unspecified atom stereocenters. The van der Waals surface area contributed by atoms with Crippen LogP contribution >= 0.6 is 15.9 Å². The Bertz CT molecular complexity index is 1060. The zero-order chi connectivity index (χ0) is 22.6. The molecule has 3 aromatic rings. The van der Waals surface area contributed by atoms with E-state index in [2.05, 4.69) is 31.8 Å². The van der Waals surface area contributed by atoms with Gasteiger partial charge in [-0.15, -0.1) is 0 Å². The fraction of sp³-hybridized carbons (Fsp3) is 0.125. The monoisotopic (exact) mass is 495 g/mol. The average molecular weight is 496 g/mol. The molecule has 0 aliphatic heterocycles. The van der Waals surface area contributed by atoms with Crippen molar-refractivity contribution < 1.29 is 19.1 Å². The predicted molar refractivity (Wildman–Crippen MR) is 126 cm³/mol. The van der Waals surface area contributed by atoms with E-state index < -0.39 is 11.8 Å². The molecule has 0 aromatic heterocycles. The third kappa shape index (κ3) is 7.88. The lowest BCUT2D eigenvalue weighted by atomic mass is 10.2. The summed E-state index contributed by atoms with van der Waals surface area (Å²) in [4.78, 5) is 23.8. The van der Waals surface area contributed by atoms with E-state index >= 15 is 0 Å². The Kier molecular flexibility index (Phi) is 8.82. The Balaban J connectivity index is 1.45. The third-order valence-electron chi connectivity index (χ3n) is 4.16. The number of carbonyl (C=O) groups excluding carboxylic acids is 2. The minimum absolute atomic E-state index is 0.180. The Labute approximate surface area is 194 Å². The second kappa shape index (κ2) is 12.3. The first-order chi connectivity index (χ1) is 15.6. The van der Waals surface area contributed by atoms with Crippen LogP contribution < -0.4 is 20.2 Å². The number of amides is 2. The maximum atomic E-state index is 12.0. The van der Waals surface area contributed by atoms with Crippen LogP contribution in [0.2, 0.25) is 0 Å². The van der Waals surface area contributed by atoms with E-state index in [4.69, 9.17) is 9.47 Å². The van der Waals surface area contributed by atoms with Crippen LogP contribution in [0.4, 0.5) is 0 Å². The van der Waals surface area contributed by atoms with E-state index in [1.807, 2.05) is 66.7 Å². The van der Waals surface area contributed by atoms with E-state index in [1.54, 1.807) is 12.1 Å². The van der Waals surface area contributed by atoms with Gasteiger partial charge in [0.15, 0.2) is 6.61 Å². The lowest BCUT2D eigenvalue weighted by molar-refractivity contribution is -0.127. The summed E-state index contributed by atoms with van der Waals surface area (Å²) in [7, 11) is 0. The number of rotatable bonds is 10. The van der Waals surface area contributed by atoms with Crippen molar-refractivity contribution in [3.63, 3.8) is 0 Å². The quantitative estimate of drug-likeness (QED) is 0.331. The zero-order valence-electron chi connectivity index (χ0n) is 17.2. The summed E-state index contributed by atoms with van der Waals surface area (Å²) >= 11 is 3.42. The smallest absolute Gasteiger partial charge is 0.259 e. The van der Waals surface area contributed by atoms with Crippen LogP contribution in [-0.2, 0) is 16.2 Å². The normalized spacial score (nSPS) is 10.5. The maximum Gasteiger partial charge on any atom is 0.259 e. The minimum Gasteiger partial charge on any atom is -0.488 e. The van der Waals surface area contributed by atoms with Crippen molar-refractivity contribution >= 4 is 34.0 Å². The highest BCUT2D eigenvalue weighted by Crippen LogP contribution is 2.22. The lowest BCUT2D eigenvalue weighted by Gasteiger charge is -2.10. The van der Waals surface area contributed by atoms with Crippen molar-refractivity contribution in [2.45, 2.75) is 6.61 Å². The molecule has 0 spiro atoms. The molecule has 0 fully saturated rings. The van der Waals surface area contributed by atoms with Gasteiger partial charge in [-0.3, -0.25) is 9.59 Å². The molecular formula is C24H22BrN3O4. The van der Waals surface area contributed by atoms with Crippen LogP contribution in [0.5, 0.6) is 11.5 Å². The van der Waals surface area contributed by atoms with E-state index in [9.17, 15) is 9.59 Å². The number of nitrogens with zero attached hydrogens (tertiary/aromatic N) is 1. The van der Waals surface area contributed by atoms with Gasteiger partial charge in [0.2, 0.25) is 0 Å². The van der Waals surface area contributed by atoms with Crippen molar-refractivity contribution in [3.8, 4) is 11.5 Å². The second-order valence-electron chi connectivity index (χ2n) is 6.63. The van der Waals surface area contributed by atoms with Crippen LogP contribution in [-0.4, -0.2) is 31.2 Å². The van der Waals surface area contributed by atoms with Gasteiger partial charge in [0.25, 0.3) is 11.8 Å². The van der Waals surface area contributed by atoms with Crippen molar-refractivity contribution in [2.75, 3.05) is 13.2 Å². The first-order valence-corrected chi connectivity index (χ1v) is 10.6. The molecule has 0 aliphatic carbocycles. The molecule has 0 saturated carbocycles. The highest BCUT2D eigenvalue weighted by Gasteiger charge is 2.07. The molecule has 2 N–H and O–H groups in total. The number of halogens is 1. The van der Waals surface area contributed by atoms with E-state index in [0.717, 1.165) is 10.0 Å². The molecule has 0 aliphatic rings. The number of para-hydroxylation sites is 1. The second-order valence-corrected chi connectivity index (χ2v) is 7.54. The van der Waals surface area contributed by atoms with Gasteiger partial charge >= 0.3 is 0 Å². The summed E-state index contributed by atoms with van der Waals surface area (Å²) in [5.41, 5.74) is 4.12. The molecule has 2 amide bonds. The van der Waals surface area contributed by atoms with Gasteiger partial charge in [-0.05, 0) is 35.9 Å². The first kappa shape index (κ1) is 23.0. The number of carbonyl (C=O) groups is 2. The summed E-state index contributed by atoms with van der Waals surface area (Å²) in [6.07, 6.45) is 1.49. The standard InChI is InChI=1S/C24H22BrN3O4/c25-20-11-12-22(32-16-18-7-3-1-4-8-18)19(13-20)14-27-28-23(29)15-26-24(30)17-31-21-9-5-2-6-10-21/h1-14H,15-17H2,(H,26,30)(H,28,29)/b27-14+. The molecule has 164 valence electrons. The topological polar surface area (TPSA) is 89.0 Å². The molecule has 8 heteroatoms. The lowest BCUT2D eigenvalue weighted by Crippen LogP contribution is -2.37. The predicted octanol–water partition coefficient (Wildman–Crippen LogP) is 3.67. The molecule has 0 atom stereocenters. The molecule has 3 rings (SSSR count). The van der Waals surface area contributed by atoms with E-state index in [0.29, 0.717) is 23.7 Å². The molecule has 0 bridgehead atoms. The first-order valence-electron chi connectivity index (χ1n) is 9.83. The molecule has 0 radical (unpaired) electrons. The van der Waals surface area contributed by atoms with E-state index in [-0.39, 0.29) is 13.2 Å². The van der Waals surface area contributed by atoms with Crippen LogP contribution in [0.3, 0.4) is 0 Å². The third-order valence-corrected chi connectivity index (χ3v) is 4.65. The summed E-state index contributed by atoms with van der Waals surface area (Å²) in [5, 5.41) is 6.44. The summed E-state index contributed by atoms with van der Waals surface area (Å²) < 4.78 is 12.1. The number of nitrogens with one attached hydrogen (secondary N) is 2. The Morgan fingerprint density at radius 1 is 0.906 bits per heavy atom. The van der Waals surface area contributed by atoms with Gasteiger partial charge in [-0.25, -0.2) is 5.43 Å². The molecule has 0 heterocycles. The van der Waals surface area contributed by atoms with Crippen molar-refractivity contribution in [1.82, 2.24) is 10.7 Å². The molecule has 32 heavy (non-hydrogen) atoms. The summed E-state index contributed by atoms with van der Waals surface area (Å²) in [6.45, 7) is 0.0116. The highest BCUT2D eigenvalue weighted by atomic mass is 79.9. The van der Waals surface area contributed by atoms with Gasteiger partial charge in [0.1, 0.15) is 18.1 Å². The number of ether oxygens (including phenoxy) is 2. The maximum absolute atomic E-state index is 12.0. The van der Waals surface area contributed by atoms with Crippen LogP contribution in [0.15, 0.2) is 88.4 Å². The van der Waals surface area contributed by atoms with E-state index in [1.165, 1.54) is 6.21 Å². The number of hydrogen-bond acceptors (Lipinski definition) is 5. The number of hydrogen-bond donors (Lipinski definition) is 2.